The van der Waals surface area contributed by atoms with Crippen LogP contribution in [0.25, 0.3) is 0 Å². The summed E-state index contributed by atoms with van der Waals surface area (Å²) in [5.41, 5.74) is 1.70. The van der Waals surface area contributed by atoms with Gasteiger partial charge in [0.2, 0.25) is 0 Å². The van der Waals surface area contributed by atoms with Gasteiger partial charge >= 0.3 is 5.97 Å². The van der Waals surface area contributed by atoms with Crippen LogP contribution in [-0.4, -0.2) is 17.6 Å². The molecule has 92 valence electrons. The van der Waals surface area contributed by atoms with E-state index in [2.05, 4.69) is 5.32 Å². The zero-order chi connectivity index (χ0) is 12.4. The highest BCUT2D eigenvalue weighted by Crippen LogP contribution is 2.29. The summed E-state index contributed by atoms with van der Waals surface area (Å²) in [6.45, 7) is 2.66. The molecule has 1 atom stereocenters. The van der Waals surface area contributed by atoms with Gasteiger partial charge in [0.05, 0.1) is 0 Å². The van der Waals surface area contributed by atoms with Crippen molar-refractivity contribution in [3.8, 4) is 0 Å². The van der Waals surface area contributed by atoms with Gasteiger partial charge in [0, 0.05) is 5.02 Å². The first kappa shape index (κ1) is 12.4. The van der Waals surface area contributed by atoms with Crippen molar-refractivity contribution in [1.29, 1.82) is 0 Å². The van der Waals surface area contributed by atoms with Crippen molar-refractivity contribution in [2.45, 2.75) is 25.8 Å². The Kier molecular flexibility index (Phi) is 3.69. The molecule has 0 saturated heterocycles. The van der Waals surface area contributed by atoms with Crippen LogP contribution in [-0.2, 0) is 4.79 Å². The zero-order valence-electron chi connectivity index (χ0n) is 9.74. The maximum absolute atomic E-state index is 11.3. The topological polar surface area (TPSA) is 49.3 Å². The van der Waals surface area contributed by atoms with Gasteiger partial charge in [-0.05, 0) is 55.5 Å². The smallest absolute Gasteiger partial charge is 0.325 e. The molecule has 0 radical (unpaired) electrons. The van der Waals surface area contributed by atoms with E-state index in [-0.39, 0.29) is 0 Å². The van der Waals surface area contributed by atoms with Crippen LogP contribution in [0, 0.1) is 12.8 Å². The molecule has 2 N–H and O–H groups in total. The van der Waals surface area contributed by atoms with Gasteiger partial charge in [-0.15, -0.1) is 0 Å². The number of carboxylic acid groups (broad SMARTS) is 1. The zero-order valence-corrected chi connectivity index (χ0v) is 10.5. The first-order valence-electron chi connectivity index (χ1n) is 5.80. The van der Waals surface area contributed by atoms with Gasteiger partial charge in [-0.25, -0.2) is 0 Å². The van der Waals surface area contributed by atoms with Gasteiger partial charge in [-0.1, -0.05) is 17.7 Å². The Bertz CT molecular complexity index is 429. The summed E-state index contributed by atoms with van der Waals surface area (Å²) in [5, 5.41) is 13.0. The lowest BCUT2D eigenvalue weighted by Crippen LogP contribution is -2.30. The maximum Gasteiger partial charge on any atom is 0.325 e. The lowest BCUT2D eigenvalue weighted by Gasteiger charge is -2.17. The van der Waals surface area contributed by atoms with E-state index in [0.717, 1.165) is 17.7 Å². The van der Waals surface area contributed by atoms with Gasteiger partial charge in [-0.3, -0.25) is 4.79 Å². The number of rotatable bonds is 5. The first-order valence-corrected chi connectivity index (χ1v) is 6.18. The average molecular weight is 254 g/mol. The Morgan fingerprint density at radius 2 is 2.29 bits per heavy atom. The van der Waals surface area contributed by atoms with Crippen LogP contribution in [0.5, 0.6) is 0 Å². The Morgan fingerprint density at radius 3 is 2.82 bits per heavy atom. The molecule has 1 aromatic rings. The Morgan fingerprint density at radius 1 is 1.59 bits per heavy atom. The van der Waals surface area contributed by atoms with E-state index in [1.54, 1.807) is 18.2 Å². The number of carboxylic acids is 1. The molecule has 4 heteroatoms. The summed E-state index contributed by atoms with van der Waals surface area (Å²) in [6, 6.07) is 4.69. The fourth-order valence-electron chi connectivity index (χ4n) is 1.90. The minimum Gasteiger partial charge on any atom is -0.480 e. The van der Waals surface area contributed by atoms with Crippen molar-refractivity contribution in [3.05, 3.63) is 34.3 Å². The summed E-state index contributed by atoms with van der Waals surface area (Å²) in [7, 11) is 0. The molecule has 3 nitrogen and oxygen atoms in total. The van der Waals surface area contributed by atoms with E-state index in [4.69, 9.17) is 11.6 Å². The number of benzene rings is 1. The summed E-state index contributed by atoms with van der Waals surface area (Å²) in [5.74, 6) is -0.180. The molecule has 0 aromatic heterocycles. The third-order valence-electron chi connectivity index (χ3n) is 3.10. The summed E-state index contributed by atoms with van der Waals surface area (Å²) >= 11 is 5.87. The van der Waals surface area contributed by atoms with E-state index < -0.39 is 12.0 Å². The third-order valence-corrected chi connectivity index (χ3v) is 3.33. The highest BCUT2D eigenvalue weighted by molar-refractivity contribution is 6.30. The van der Waals surface area contributed by atoms with Crippen LogP contribution in [0.4, 0.5) is 0 Å². The fourth-order valence-corrected chi connectivity index (χ4v) is 2.13. The second-order valence-electron chi connectivity index (χ2n) is 4.62. The molecule has 1 aliphatic rings. The van der Waals surface area contributed by atoms with E-state index in [9.17, 15) is 9.90 Å². The highest BCUT2D eigenvalue weighted by atomic mass is 35.5. The molecule has 1 aromatic carbocycles. The number of hydrogen-bond acceptors (Lipinski definition) is 2. The van der Waals surface area contributed by atoms with Crippen LogP contribution in [0.15, 0.2) is 18.2 Å². The number of carbonyl (C=O) groups is 1. The molecule has 0 aliphatic heterocycles. The molecule has 0 spiro atoms. The van der Waals surface area contributed by atoms with Crippen molar-refractivity contribution in [2.75, 3.05) is 6.54 Å². The second kappa shape index (κ2) is 5.07. The maximum atomic E-state index is 11.3. The Hall–Kier alpha value is -1.06. The first-order chi connectivity index (χ1) is 8.08. The molecular formula is C13H16ClNO2. The molecule has 0 bridgehead atoms. The minimum atomic E-state index is -0.837. The number of hydrogen-bond donors (Lipinski definition) is 2. The number of aryl methyl sites for hydroxylation is 1. The quantitative estimate of drug-likeness (QED) is 0.848. The van der Waals surface area contributed by atoms with Gasteiger partial charge in [0.25, 0.3) is 0 Å². The average Bonchev–Trinajstić information content (AvgIpc) is 3.04. The summed E-state index contributed by atoms with van der Waals surface area (Å²) < 4.78 is 0. The van der Waals surface area contributed by atoms with Gasteiger partial charge in [0.1, 0.15) is 6.04 Å². The molecule has 1 aliphatic carbocycles. The SMILES string of the molecule is Cc1cc(Cl)ccc1C(NCC1CC1)C(=O)O. The van der Waals surface area contributed by atoms with Crippen molar-refractivity contribution < 1.29 is 9.90 Å². The summed E-state index contributed by atoms with van der Waals surface area (Å²) in [6.07, 6.45) is 2.41. The van der Waals surface area contributed by atoms with Crippen molar-refractivity contribution >= 4 is 17.6 Å². The van der Waals surface area contributed by atoms with Crippen molar-refractivity contribution in [1.82, 2.24) is 5.32 Å². The van der Waals surface area contributed by atoms with Crippen LogP contribution in [0.1, 0.15) is 30.0 Å². The summed E-state index contributed by atoms with van der Waals surface area (Å²) in [4.78, 5) is 11.3. The van der Waals surface area contributed by atoms with Crippen LogP contribution < -0.4 is 5.32 Å². The van der Waals surface area contributed by atoms with Gasteiger partial charge < -0.3 is 10.4 Å². The van der Waals surface area contributed by atoms with Crippen molar-refractivity contribution in [2.24, 2.45) is 5.92 Å². The second-order valence-corrected chi connectivity index (χ2v) is 5.06. The molecular weight excluding hydrogens is 238 g/mol. The molecule has 17 heavy (non-hydrogen) atoms. The standard InChI is InChI=1S/C13H16ClNO2/c1-8-6-10(14)4-5-11(8)12(13(16)17)15-7-9-2-3-9/h4-6,9,12,15H,2-3,7H2,1H3,(H,16,17). The number of halogens is 1. The van der Waals surface area contributed by atoms with Gasteiger partial charge in [0.15, 0.2) is 0 Å². The normalized spacial score (nSPS) is 16.8. The molecule has 1 fully saturated rings. The molecule has 0 heterocycles. The monoisotopic (exact) mass is 253 g/mol. The Balaban J connectivity index is 2.15. The molecule has 2 rings (SSSR count). The van der Waals surface area contributed by atoms with Crippen LogP contribution in [0.3, 0.4) is 0 Å². The van der Waals surface area contributed by atoms with E-state index in [1.165, 1.54) is 12.8 Å². The lowest BCUT2D eigenvalue weighted by atomic mass is 10.0. The van der Waals surface area contributed by atoms with E-state index >= 15 is 0 Å². The van der Waals surface area contributed by atoms with E-state index in [0.29, 0.717) is 10.9 Å². The molecule has 1 unspecified atom stereocenters. The third kappa shape index (κ3) is 3.20. The van der Waals surface area contributed by atoms with Crippen molar-refractivity contribution in [3.63, 3.8) is 0 Å². The number of nitrogens with one attached hydrogen (secondary N) is 1. The largest absolute Gasteiger partial charge is 0.480 e. The number of aliphatic carboxylic acids is 1. The minimum absolute atomic E-state index is 0.632. The van der Waals surface area contributed by atoms with Crippen LogP contribution in [0.2, 0.25) is 5.02 Å². The lowest BCUT2D eigenvalue weighted by molar-refractivity contribution is -0.139. The highest BCUT2D eigenvalue weighted by Gasteiger charge is 2.26. The predicted molar refractivity (Wildman–Crippen MR) is 67.3 cm³/mol. The van der Waals surface area contributed by atoms with E-state index in [1.807, 2.05) is 6.92 Å². The molecule has 1 saturated carbocycles. The Labute approximate surface area is 106 Å². The fraction of sp³-hybridized carbons (Fsp3) is 0.462. The predicted octanol–water partition coefficient (Wildman–Crippen LogP) is 2.77. The van der Waals surface area contributed by atoms with Crippen LogP contribution >= 0.6 is 11.6 Å². The van der Waals surface area contributed by atoms with Gasteiger partial charge in [-0.2, -0.15) is 0 Å². The molecule has 0 amide bonds.